The zero-order valence-electron chi connectivity index (χ0n) is 18.8. The van der Waals surface area contributed by atoms with Crippen LogP contribution in [0.15, 0.2) is 58.3 Å². The van der Waals surface area contributed by atoms with Crippen LogP contribution in [0.4, 0.5) is 5.69 Å². The number of amides is 1. The van der Waals surface area contributed by atoms with Crippen molar-refractivity contribution in [2.45, 2.75) is 32.3 Å². The summed E-state index contributed by atoms with van der Waals surface area (Å²) < 4.78 is 38.7. The zero-order chi connectivity index (χ0) is 23.8. The highest BCUT2D eigenvalue weighted by molar-refractivity contribution is 7.89. The van der Waals surface area contributed by atoms with Gasteiger partial charge in [0.2, 0.25) is 10.0 Å². The molecule has 3 aromatic rings. The molecule has 3 rings (SSSR count). The summed E-state index contributed by atoms with van der Waals surface area (Å²) in [5.74, 6) is 0.508. The van der Waals surface area contributed by atoms with E-state index in [4.69, 9.17) is 9.47 Å². The molecule has 2 aromatic carbocycles. The van der Waals surface area contributed by atoms with E-state index in [0.717, 1.165) is 5.69 Å². The van der Waals surface area contributed by atoms with Crippen LogP contribution in [0.2, 0.25) is 0 Å². The van der Waals surface area contributed by atoms with Crippen molar-refractivity contribution in [3.05, 3.63) is 64.6 Å². The summed E-state index contributed by atoms with van der Waals surface area (Å²) in [6.45, 7) is 6.67. The van der Waals surface area contributed by atoms with Crippen LogP contribution in [-0.4, -0.2) is 43.3 Å². The normalized spacial score (nSPS) is 11.4. The molecule has 0 atom stereocenters. The molecule has 0 bridgehead atoms. The Bertz CT molecular complexity index is 1160. The van der Waals surface area contributed by atoms with Gasteiger partial charge in [0.1, 0.15) is 23.0 Å². The third-order valence-corrected chi connectivity index (χ3v) is 7.52. The van der Waals surface area contributed by atoms with E-state index < -0.39 is 10.0 Å². The number of aromatic nitrogens is 1. The van der Waals surface area contributed by atoms with Crippen molar-refractivity contribution in [2.75, 3.05) is 25.0 Å². The number of sulfonamides is 1. The number of benzene rings is 2. The summed E-state index contributed by atoms with van der Waals surface area (Å²) in [7, 11) is -3.77. The number of anilines is 1. The first-order valence-corrected chi connectivity index (χ1v) is 13.0. The smallest absolute Gasteiger partial charge is 0.255 e. The molecule has 0 aliphatic rings. The lowest BCUT2D eigenvalue weighted by molar-refractivity contribution is 0.102. The molecule has 10 heteroatoms. The molecule has 1 N–H and O–H groups in total. The van der Waals surface area contributed by atoms with Crippen LogP contribution in [0, 0.1) is 0 Å². The Hall–Kier alpha value is -2.95. The van der Waals surface area contributed by atoms with Crippen molar-refractivity contribution in [2.24, 2.45) is 0 Å². The molecule has 0 fully saturated rings. The van der Waals surface area contributed by atoms with Gasteiger partial charge in [0.25, 0.3) is 5.91 Å². The standard InChI is InChI=1S/C23H27N3O5S2/c1-4-26(5-2)33(28,29)22-13-18(9-12-21(22)30-6-3)25-23(27)17-7-10-20(11-8-17)31-14-19-15-32-16-24-19/h7-13,15-16H,4-6,14H2,1-3H3,(H,25,27). The lowest BCUT2D eigenvalue weighted by Crippen LogP contribution is -2.31. The number of nitrogens with one attached hydrogen (secondary N) is 1. The summed E-state index contributed by atoms with van der Waals surface area (Å²) in [5.41, 5.74) is 3.36. The van der Waals surface area contributed by atoms with Gasteiger partial charge in [0, 0.05) is 29.7 Å². The summed E-state index contributed by atoms with van der Waals surface area (Å²) in [5, 5.41) is 4.67. The molecule has 0 aliphatic heterocycles. The van der Waals surface area contributed by atoms with Gasteiger partial charge in [0.15, 0.2) is 0 Å². The summed E-state index contributed by atoms with van der Waals surface area (Å²) in [4.78, 5) is 16.9. The van der Waals surface area contributed by atoms with E-state index in [1.54, 1.807) is 62.7 Å². The van der Waals surface area contributed by atoms with Gasteiger partial charge in [-0.25, -0.2) is 13.4 Å². The van der Waals surface area contributed by atoms with E-state index in [-0.39, 0.29) is 16.6 Å². The number of ether oxygens (including phenoxy) is 2. The molecule has 33 heavy (non-hydrogen) atoms. The molecule has 0 saturated carbocycles. The number of nitrogens with zero attached hydrogens (tertiary/aromatic N) is 2. The lowest BCUT2D eigenvalue weighted by atomic mass is 10.2. The topological polar surface area (TPSA) is 97.8 Å². The van der Waals surface area contributed by atoms with Gasteiger partial charge in [-0.3, -0.25) is 4.79 Å². The molecule has 8 nitrogen and oxygen atoms in total. The van der Waals surface area contributed by atoms with E-state index in [1.807, 2.05) is 5.38 Å². The van der Waals surface area contributed by atoms with E-state index in [9.17, 15) is 13.2 Å². The molecule has 0 aliphatic carbocycles. The monoisotopic (exact) mass is 489 g/mol. The molecular weight excluding hydrogens is 462 g/mol. The maximum absolute atomic E-state index is 13.1. The lowest BCUT2D eigenvalue weighted by Gasteiger charge is -2.21. The fourth-order valence-electron chi connectivity index (χ4n) is 3.14. The van der Waals surface area contributed by atoms with E-state index in [0.29, 0.717) is 43.3 Å². The van der Waals surface area contributed by atoms with Gasteiger partial charge in [-0.2, -0.15) is 4.31 Å². The van der Waals surface area contributed by atoms with Crippen LogP contribution in [-0.2, 0) is 16.6 Å². The van der Waals surface area contributed by atoms with E-state index >= 15 is 0 Å². The Morgan fingerprint density at radius 2 is 1.79 bits per heavy atom. The van der Waals surface area contributed by atoms with Crippen molar-refractivity contribution >= 4 is 33.0 Å². The minimum Gasteiger partial charge on any atom is -0.492 e. The number of hydrogen-bond acceptors (Lipinski definition) is 7. The maximum Gasteiger partial charge on any atom is 0.255 e. The van der Waals surface area contributed by atoms with Gasteiger partial charge in [0.05, 0.1) is 17.8 Å². The van der Waals surface area contributed by atoms with Crippen molar-refractivity contribution in [3.63, 3.8) is 0 Å². The van der Waals surface area contributed by atoms with Crippen molar-refractivity contribution in [3.8, 4) is 11.5 Å². The van der Waals surface area contributed by atoms with Crippen molar-refractivity contribution < 1.29 is 22.7 Å². The zero-order valence-corrected chi connectivity index (χ0v) is 20.4. The highest BCUT2D eigenvalue weighted by Gasteiger charge is 2.26. The fraction of sp³-hybridized carbons (Fsp3) is 0.304. The largest absolute Gasteiger partial charge is 0.492 e. The first-order valence-electron chi connectivity index (χ1n) is 10.6. The molecule has 176 valence electrons. The minimum atomic E-state index is -3.77. The Morgan fingerprint density at radius 1 is 1.06 bits per heavy atom. The molecule has 0 saturated heterocycles. The second-order valence-electron chi connectivity index (χ2n) is 6.93. The number of rotatable bonds is 11. The van der Waals surface area contributed by atoms with E-state index in [2.05, 4.69) is 10.3 Å². The molecule has 0 spiro atoms. The number of carbonyl (C=O) groups excluding carboxylic acids is 1. The summed E-state index contributed by atoms with van der Waals surface area (Å²) in [6.07, 6.45) is 0. The summed E-state index contributed by atoms with van der Waals surface area (Å²) in [6, 6.07) is 11.3. The van der Waals surface area contributed by atoms with Crippen LogP contribution in [0.3, 0.4) is 0 Å². The van der Waals surface area contributed by atoms with Crippen molar-refractivity contribution in [1.82, 2.24) is 9.29 Å². The van der Waals surface area contributed by atoms with Gasteiger partial charge in [-0.15, -0.1) is 11.3 Å². The van der Waals surface area contributed by atoms with Crippen LogP contribution in [0.25, 0.3) is 0 Å². The second-order valence-corrected chi connectivity index (χ2v) is 9.56. The number of hydrogen-bond donors (Lipinski definition) is 1. The molecule has 1 amide bonds. The van der Waals surface area contributed by atoms with Crippen molar-refractivity contribution in [1.29, 1.82) is 0 Å². The molecule has 0 unspecified atom stereocenters. The molecule has 0 radical (unpaired) electrons. The fourth-order valence-corrected chi connectivity index (χ4v) is 5.29. The number of carbonyl (C=O) groups is 1. The third-order valence-electron chi connectivity index (χ3n) is 4.81. The Balaban J connectivity index is 1.76. The highest BCUT2D eigenvalue weighted by atomic mass is 32.2. The maximum atomic E-state index is 13.1. The van der Waals surface area contributed by atoms with Crippen LogP contribution < -0.4 is 14.8 Å². The average molecular weight is 490 g/mol. The number of thiazole rings is 1. The quantitative estimate of drug-likeness (QED) is 0.429. The summed E-state index contributed by atoms with van der Waals surface area (Å²) >= 11 is 1.50. The molecule has 1 heterocycles. The van der Waals surface area contributed by atoms with Crippen LogP contribution in [0.1, 0.15) is 36.8 Å². The van der Waals surface area contributed by atoms with E-state index in [1.165, 1.54) is 21.7 Å². The van der Waals surface area contributed by atoms with Crippen LogP contribution >= 0.6 is 11.3 Å². The predicted molar refractivity (Wildman–Crippen MR) is 129 cm³/mol. The molecular formula is C23H27N3O5S2. The predicted octanol–water partition coefficient (Wildman–Crippen LogP) is 4.40. The SMILES string of the molecule is CCOc1ccc(NC(=O)c2ccc(OCc3cscn3)cc2)cc1S(=O)(=O)N(CC)CC. The Labute approximate surface area is 198 Å². The Kier molecular flexibility index (Phi) is 8.43. The first kappa shape index (κ1) is 24.7. The van der Waals surface area contributed by atoms with Crippen LogP contribution in [0.5, 0.6) is 11.5 Å². The molecule has 1 aromatic heterocycles. The first-order chi connectivity index (χ1) is 15.9. The van der Waals surface area contributed by atoms with Gasteiger partial charge < -0.3 is 14.8 Å². The van der Waals surface area contributed by atoms with Gasteiger partial charge in [-0.05, 0) is 49.4 Å². The third kappa shape index (κ3) is 6.10. The van der Waals surface area contributed by atoms with Gasteiger partial charge in [-0.1, -0.05) is 13.8 Å². The van der Waals surface area contributed by atoms with Gasteiger partial charge >= 0.3 is 0 Å². The second kappa shape index (κ2) is 11.3. The minimum absolute atomic E-state index is 0.0247. The average Bonchev–Trinajstić information content (AvgIpc) is 3.33. The Morgan fingerprint density at radius 3 is 2.39 bits per heavy atom. The highest BCUT2D eigenvalue weighted by Crippen LogP contribution is 2.30.